The molecule has 4 heteroatoms. The molecule has 4 nitrogen and oxygen atoms in total. The van der Waals surface area contributed by atoms with Gasteiger partial charge in [-0.05, 0) is 12.3 Å². The second kappa shape index (κ2) is 3.64. The molecule has 2 aliphatic rings. The van der Waals surface area contributed by atoms with Gasteiger partial charge in [0.2, 0.25) is 5.91 Å². The predicted molar refractivity (Wildman–Crippen MR) is 47.8 cm³/mol. The van der Waals surface area contributed by atoms with Crippen molar-refractivity contribution in [1.82, 2.24) is 10.4 Å². The quantitative estimate of drug-likeness (QED) is 0.657. The van der Waals surface area contributed by atoms with Gasteiger partial charge in [0.05, 0.1) is 13.2 Å². The smallest absolute Gasteiger partial charge is 0.237 e. The Morgan fingerprint density at radius 1 is 1.46 bits per heavy atom. The zero-order valence-corrected chi connectivity index (χ0v) is 7.95. The van der Waals surface area contributed by atoms with Crippen molar-refractivity contribution in [1.29, 1.82) is 0 Å². The number of hydrogen-bond acceptors (Lipinski definition) is 3. The number of carbonyl (C=O) groups is 1. The topological polar surface area (TPSA) is 41.6 Å². The molecule has 0 aromatic heterocycles. The predicted octanol–water partition coefficient (Wildman–Crippen LogP) is 0.00580. The molecule has 0 radical (unpaired) electrons. The molecule has 0 aromatic rings. The van der Waals surface area contributed by atoms with Gasteiger partial charge in [-0.3, -0.25) is 10.2 Å². The Balaban J connectivity index is 1.73. The summed E-state index contributed by atoms with van der Waals surface area (Å²) in [7, 11) is 0. The Morgan fingerprint density at radius 3 is 2.62 bits per heavy atom. The highest BCUT2D eigenvalue weighted by Crippen LogP contribution is 2.37. The summed E-state index contributed by atoms with van der Waals surface area (Å²) in [5.74, 6) is 1.04. The van der Waals surface area contributed by atoms with Crippen molar-refractivity contribution in [3.05, 3.63) is 0 Å². The minimum atomic E-state index is 0.189. The molecule has 74 valence electrons. The van der Waals surface area contributed by atoms with Gasteiger partial charge in [-0.2, -0.15) is 0 Å². The first kappa shape index (κ1) is 8.97. The lowest BCUT2D eigenvalue weighted by molar-refractivity contribution is -0.129. The zero-order valence-electron chi connectivity index (χ0n) is 7.95. The fourth-order valence-electron chi connectivity index (χ4n) is 1.60. The normalized spacial score (nSPS) is 34.2. The van der Waals surface area contributed by atoms with E-state index >= 15 is 0 Å². The van der Waals surface area contributed by atoms with Gasteiger partial charge < -0.3 is 4.74 Å². The molecule has 13 heavy (non-hydrogen) atoms. The maximum absolute atomic E-state index is 11.5. The van der Waals surface area contributed by atoms with Gasteiger partial charge in [0.25, 0.3) is 0 Å². The summed E-state index contributed by atoms with van der Waals surface area (Å²) in [6.45, 7) is 5.18. The molecule has 0 aromatic carbocycles. The van der Waals surface area contributed by atoms with Gasteiger partial charge in [-0.15, -0.1) is 0 Å². The molecule has 2 rings (SSSR count). The maximum atomic E-state index is 11.5. The number of nitrogens with one attached hydrogen (secondary N) is 1. The molecule has 2 atom stereocenters. The number of carbonyl (C=O) groups excluding carboxylic acids is 1. The first-order valence-corrected chi connectivity index (χ1v) is 4.90. The van der Waals surface area contributed by atoms with E-state index in [1.54, 1.807) is 0 Å². The van der Waals surface area contributed by atoms with Crippen molar-refractivity contribution in [2.75, 3.05) is 26.3 Å². The average Bonchev–Trinajstić information content (AvgIpc) is 2.84. The first-order valence-electron chi connectivity index (χ1n) is 4.90. The van der Waals surface area contributed by atoms with Gasteiger partial charge in [0.15, 0.2) is 0 Å². The van der Waals surface area contributed by atoms with Crippen molar-refractivity contribution >= 4 is 5.91 Å². The van der Waals surface area contributed by atoms with Crippen LogP contribution in [0, 0.1) is 11.8 Å². The van der Waals surface area contributed by atoms with Crippen LogP contribution in [0.25, 0.3) is 0 Å². The van der Waals surface area contributed by atoms with E-state index in [1.807, 2.05) is 5.01 Å². The largest absolute Gasteiger partial charge is 0.379 e. The molecule has 1 saturated heterocycles. The van der Waals surface area contributed by atoms with E-state index in [0.29, 0.717) is 5.92 Å². The second-order valence-corrected chi connectivity index (χ2v) is 3.89. The fraction of sp³-hybridized carbons (Fsp3) is 0.889. The first-order chi connectivity index (χ1) is 6.27. The SMILES string of the molecule is C[C@H]1C[C@@H]1C(=O)NN1CCOCC1. The standard InChI is InChI=1S/C9H16N2O2/c1-7-6-8(7)9(12)10-11-2-4-13-5-3-11/h7-8H,2-6H2,1H3,(H,10,12)/t7-,8-/m0/s1. The maximum Gasteiger partial charge on any atom is 0.237 e. The van der Waals surface area contributed by atoms with Crippen LogP contribution < -0.4 is 5.43 Å². The average molecular weight is 184 g/mol. The van der Waals surface area contributed by atoms with Gasteiger partial charge in [-0.25, -0.2) is 5.01 Å². The molecule has 1 saturated carbocycles. The monoisotopic (exact) mass is 184 g/mol. The van der Waals surface area contributed by atoms with Crippen LogP contribution in [-0.2, 0) is 9.53 Å². The molecule has 2 fully saturated rings. The van der Waals surface area contributed by atoms with Crippen molar-refractivity contribution in [3.8, 4) is 0 Å². The Labute approximate surface area is 78.2 Å². The molecule has 1 N–H and O–H groups in total. The van der Waals surface area contributed by atoms with E-state index in [2.05, 4.69) is 12.3 Å². The summed E-state index contributed by atoms with van der Waals surface area (Å²) in [5.41, 5.74) is 2.93. The Kier molecular flexibility index (Phi) is 2.51. The molecule has 0 spiro atoms. The minimum absolute atomic E-state index is 0.189. The fourth-order valence-corrected chi connectivity index (χ4v) is 1.60. The van der Waals surface area contributed by atoms with E-state index in [9.17, 15) is 4.79 Å². The van der Waals surface area contributed by atoms with E-state index in [4.69, 9.17) is 4.74 Å². The highest BCUT2D eigenvalue weighted by atomic mass is 16.5. The third kappa shape index (κ3) is 2.19. The van der Waals surface area contributed by atoms with Crippen LogP contribution in [0.5, 0.6) is 0 Å². The van der Waals surface area contributed by atoms with Gasteiger partial charge in [0.1, 0.15) is 0 Å². The summed E-state index contributed by atoms with van der Waals surface area (Å²) in [6.07, 6.45) is 1.05. The molecule has 0 bridgehead atoms. The minimum Gasteiger partial charge on any atom is -0.379 e. The van der Waals surface area contributed by atoms with Gasteiger partial charge >= 0.3 is 0 Å². The molecule has 1 heterocycles. The van der Waals surface area contributed by atoms with E-state index in [0.717, 1.165) is 32.7 Å². The zero-order chi connectivity index (χ0) is 9.26. The number of nitrogens with zero attached hydrogens (tertiary/aromatic N) is 1. The van der Waals surface area contributed by atoms with Crippen LogP contribution in [0.2, 0.25) is 0 Å². The van der Waals surface area contributed by atoms with Crippen LogP contribution in [0.15, 0.2) is 0 Å². The van der Waals surface area contributed by atoms with Crippen LogP contribution in [0.4, 0.5) is 0 Å². The second-order valence-electron chi connectivity index (χ2n) is 3.89. The summed E-state index contributed by atoms with van der Waals surface area (Å²) >= 11 is 0. The number of rotatable bonds is 2. The molecule has 1 aliphatic heterocycles. The Morgan fingerprint density at radius 2 is 2.08 bits per heavy atom. The van der Waals surface area contributed by atoms with E-state index in [-0.39, 0.29) is 11.8 Å². The van der Waals surface area contributed by atoms with Crippen LogP contribution >= 0.6 is 0 Å². The van der Waals surface area contributed by atoms with Crippen LogP contribution in [0.3, 0.4) is 0 Å². The number of hydrazine groups is 1. The Bertz CT molecular complexity index is 202. The number of morpholine rings is 1. The van der Waals surface area contributed by atoms with Gasteiger partial charge in [0, 0.05) is 19.0 Å². The summed E-state index contributed by atoms with van der Waals surface area (Å²) in [5, 5.41) is 1.96. The highest BCUT2D eigenvalue weighted by Gasteiger charge is 2.39. The summed E-state index contributed by atoms with van der Waals surface area (Å²) in [6, 6.07) is 0. The van der Waals surface area contributed by atoms with Crippen molar-refractivity contribution < 1.29 is 9.53 Å². The van der Waals surface area contributed by atoms with Crippen molar-refractivity contribution in [2.45, 2.75) is 13.3 Å². The van der Waals surface area contributed by atoms with Crippen molar-refractivity contribution in [3.63, 3.8) is 0 Å². The molecular formula is C9H16N2O2. The lowest BCUT2D eigenvalue weighted by Gasteiger charge is -2.26. The van der Waals surface area contributed by atoms with Gasteiger partial charge in [-0.1, -0.05) is 6.92 Å². The van der Waals surface area contributed by atoms with E-state index in [1.165, 1.54) is 0 Å². The molecule has 1 aliphatic carbocycles. The molecule has 1 amide bonds. The lowest BCUT2D eigenvalue weighted by atomic mass is 10.3. The number of amides is 1. The Hall–Kier alpha value is -0.610. The summed E-state index contributed by atoms with van der Waals surface area (Å²) in [4.78, 5) is 11.5. The molecule has 0 unspecified atom stereocenters. The highest BCUT2D eigenvalue weighted by molar-refractivity contribution is 5.80. The molecular weight excluding hydrogens is 168 g/mol. The van der Waals surface area contributed by atoms with Crippen LogP contribution in [0.1, 0.15) is 13.3 Å². The lowest BCUT2D eigenvalue weighted by Crippen LogP contribution is -2.49. The third-order valence-electron chi connectivity index (χ3n) is 2.73. The van der Waals surface area contributed by atoms with Crippen LogP contribution in [-0.4, -0.2) is 37.2 Å². The number of hydrogen-bond donors (Lipinski definition) is 1. The van der Waals surface area contributed by atoms with E-state index < -0.39 is 0 Å². The summed E-state index contributed by atoms with van der Waals surface area (Å²) < 4.78 is 5.19. The number of ether oxygens (including phenoxy) is 1. The van der Waals surface area contributed by atoms with Crippen molar-refractivity contribution in [2.24, 2.45) is 11.8 Å². The third-order valence-corrected chi connectivity index (χ3v) is 2.73.